The van der Waals surface area contributed by atoms with E-state index >= 15 is 0 Å². The van der Waals surface area contributed by atoms with Crippen LogP contribution in [0.15, 0.2) is 40.1 Å². The molecule has 1 aromatic rings. The molecule has 0 spiro atoms. The minimum absolute atomic E-state index is 0. The van der Waals surface area contributed by atoms with Gasteiger partial charge in [-0.2, -0.15) is 5.26 Å². The summed E-state index contributed by atoms with van der Waals surface area (Å²) >= 11 is 9.21. The average molecular weight is 280 g/mol. The summed E-state index contributed by atoms with van der Waals surface area (Å²) in [7, 11) is 0. The van der Waals surface area contributed by atoms with Crippen molar-refractivity contribution in [1.82, 2.24) is 0 Å². The standard InChI is InChI=1S/C10H8N2OS2.2Na/c11-6-8(10(14)15)9(13)12-7-4-2-1-3-5-7;;/h1-5,14-15H,(H,12,13);;/q;2*+1/p-2. The second kappa shape index (κ2) is 10.3. The number of nitrogens with zero attached hydrogens (tertiary/aromatic N) is 1. The summed E-state index contributed by atoms with van der Waals surface area (Å²) in [4.78, 5) is 11.5. The molecule has 0 heterocycles. The van der Waals surface area contributed by atoms with Crippen LogP contribution < -0.4 is 64.4 Å². The molecule has 0 radical (unpaired) electrons. The number of nitrogens with one attached hydrogen (secondary N) is 1. The average Bonchev–Trinajstić information content (AvgIpc) is 2.19. The van der Waals surface area contributed by atoms with E-state index in [2.05, 4.69) is 30.6 Å². The van der Waals surface area contributed by atoms with Gasteiger partial charge in [-0.15, -0.1) is 0 Å². The van der Waals surface area contributed by atoms with Gasteiger partial charge in [0.05, 0.1) is 5.57 Å². The van der Waals surface area contributed by atoms with Crippen LogP contribution in [0.2, 0.25) is 0 Å². The van der Waals surface area contributed by atoms with Crippen LogP contribution in [0, 0.1) is 11.3 Å². The number of carbonyl (C=O) groups is 1. The smallest absolute Gasteiger partial charge is 0.806 e. The maximum atomic E-state index is 11.5. The maximum Gasteiger partial charge on any atom is 1.00 e. The largest absolute Gasteiger partial charge is 1.00 e. The van der Waals surface area contributed by atoms with Crippen LogP contribution in [0.4, 0.5) is 5.69 Å². The number of benzene rings is 1. The van der Waals surface area contributed by atoms with Crippen LogP contribution in [0.25, 0.3) is 0 Å². The molecular weight excluding hydrogens is 274 g/mol. The Balaban J connectivity index is 0. The Kier molecular flexibility index (Phi) is 11.9. The van der Waals surface area contributed by atoms with E-state index < -0.39 is 5.91 Å². The van der Waals surface area contributed by atoms with Gasteiger partial charge in [0.15, 0.2) is 0 Å². The van der Waals surface area contributed by atoms with E-state index in [9.17, 15) is 4.79 Å². The van der Waals surface area contributed by atoms with Crippen molar-refractivity contribution in [1.29, 1.82) is 5.26 Å². The van der Waals surface area contributed by atoms with E-state index in [0.717, 1.165) is 0 Å². The number of hydrogen-bond donors (Lipinski definition) is 1. The summed E-state index contributed by atoms with van der Waals surface area (Å²) in [6, 6.07) is 10.5. The van der Waals surface area contributed by atoms with Gasteiger partial charge in [0.2, 0.25) is 0 Å². The Morgan fingerprint density at radius 2 is 1.71 bits per heavy atom. The predicted molar refractivity (Wildman–Crippen MR) is 62.4 cm³/mol. The fraction of sp³-hybridized carbons (Fsp3) is 0. The van der Waals surface area contributed by atoms with E-state index in [1.54, 1.807) is 30.3 Å². The predicted octanol–water partition coefficient (Wildman–Crippen LogP) is -4.54. The number of carbonyl (C=O) groups excluding carboxylic acids is 1. The molecule has 0 unspecified atom stereocenters. The first-order valence-electron chi connectivity index (χ1n) is 4.00. The van der Waals surface area contributed by atoms with Crippen molar-refractivity contribution in [2.45, 2.75) is 0 Å². The fourth-order valence-corrected chi connectivity index (χ4v) is 1.18. The van der Waals surface area contributed by atoms with E-state index in [1.165, 1.54) is 0 Å². The van der Waals surface area contributed by atoms with Crippen molar-refractivity contribution < 1.29 is 63.9 Å². The third-order valence-electron chi connectivity index (χ3n) is 1.57. The molecule has 1 aromatic carbocycles. The Morgan fingerprint density at radius 3 is 2.12 bits per heavy atom. The van der Waals surface area contributed by atoms with Gasteiger partial charge in [-0.05, 0) is 12.1 Å². The van der Waals surface area contributed by atoms with Gasteiger partial charge < -0.3 is 34.8 Å². The molecule has 0 saturated heterocycles. The van der Waals surface area contributed by atoms with E-state index in [1.807, 2.05) is 6.07 Å². The summed E-state index contributed by atoms with van der Waals surface area (Å²) in [6.45, 7) is 0. The van der Waals surface area contributed by atoms with Crippen LogP contribution in [0.5, 0.6) is 0 Å². The third-order valence-corrected chi connectivity index (χ3v) is 1.98. The van der Waals surface area contributed by atoms with Crippen LogP contribution in [-0.4, -0.2) is 5.91 Å². The number of para-hydroxylation sites is 1. The van der Waals surface area contributed by atoms with Crippen LogP contribution in [-0.2, 0) is 30.1 Å². The molecule has 0 atom stereocenters. The van der Waals surface area contributed by atoms with E-state index in [-0.39, 0.29) is 68.9 Å². The van der Waals surface area contributed by atoms with Crippen molar-refractivity contribution in [3.05, 3.63) is 40.1 Å². The van der Waals surface area contributed by atoms with E-state index in [0.29, 0.717) is 5.69 Å². The van der Waals surface area contributed by atoms with Crippen LogP contribution in [0.3, 0.4) is 0 Å². The number of nitriles is 1. The summed E-state index contributed by atoms with van der Waals surface area (Å²) in [6.07, 6.45) is 0. The molecule has 0 bridgehead atoms. The minimum Gasteiger partial charge on any atom is -0.806 e. The maximum absolute atomic E-state index is 11.5. The first kappa shape index (κ1) is 19.7. The summed E-state index contributed by atoms with van der Waals surface area (Å²) in [5.41, 5.74) is 0.394. The zero-order chi connectivity index (χ0) is 11.3. The monoisotopic (exact) mass is 280 g/mol. The molecule has 1 N–H and O–H groups in total. The fourth-order valence-electron chi connectivity index (χ4n) is 0.904. The van der Waals surface area contributed by atoms with Gasteiger partial charge in [0.1, 0.15) is 6.07 Å². The van der Waals surface area contributed by atoms with Crippen molar-refractivity contribution in [3.63, 3.8) is 0 Å². The quantitative estimate of drug-likeness (QED) is 0.257. The Labute approximate surface area is 155 Å². The molecule has 1 rings (SSSR count). The first-order chi connectivity index (χ1) is 7.15. The molecule has 0 aliphatic rings. The third kappa shape index (κ3) is 6.75. The van der Waals surface area contributed by atoms with Gasteiger partial charge >= 0.3 is 59.1 Å². The molecule has 3 nitrogen and oxygen atoms in total. The molecule has 0 saturated carbocycles. The summed E-state index contributed by atoms with van der Waals surface area (Å²) < 4.78 is -0.120. The molecule has 0 aromatic heterocycles. The Hall–Kier alpha value is 0.360. The van der Waals surface area contributed by atoms with Crippen molar-refractivity contribution in [3.8, 4) is 6.07 Å². The van der Waals surface area contributed by atoms with Gasteiger partial charge in [-0.25, -0.2) is 0 Å². The summed E-state index contributed by atoms with van der Waals surface area (Å²) in [5, 5.41) is 11.2. The number of amides is 1. The van der Waals surface area contributed by atoms with Crippen molar-refractivity contribution >= 4 is 36.9 Å². The molecule has 1 amide bonds. The topological polar surface area (TPSA) is 52.9 Å². The molecule has 17 heavy (non-hydrogen) atoms. The molecule has 0 aliphatic carbocycles. The normalized spacial score (nSPS) is 7.71. The van der Waals surface area contributed by atoms with Crippen LogP contribution in [0.1, 0.15) is 0 Å². The first-order valence-corrected chi connectivity index (χ1v) is 4.81. The molecular formula is C10H6N2Na2OS2. The van der Waals surface area contributed by atoms with Crippen molar-refractivity contribution in [2.75, 3.05) is 5.32 Å². The number of anilines is 1. The second-order valence-corrected chi connectivity index (χ2v) is 3.67. The number of hydrogen-bond acceptors (Lipinski definition) is 4. The van der Waals surface area contributed by atoms with Gasteiger partial charge in [0.25, 0.3) is 5.91 Å². The summed E-state index contributed by atoms with van der Waals surface area (Å²) in [5.74, 6) is -0.566. The zero-order valence-electron chi connectivity index (χ0n) is 9.56. The molecule has 0 fully saturated rings. The second-order valence-electron chi connectivity index (χ2n) is 2.59. The molecule has 0 aliphatic heterocycles. The van der Waals surface area contributed by atoms with Gasteiger partial charge in [-0.3, -0.25) is 4.79 Å². The van der Waals surface area contributed by atoms with Crippen molar-refractivity contribution in [2.24, 2.45) is 0 Å². The molecule has 76 valence electrons. The Morgan fingerprint density at radius 1 is 1.18 bits per heavy atom. The van der Waals surface area contributed by atoms with Gasteiger partial charge in [-0.1, -0.05) is 18.2 Å². The van der Waals surface area contributed by atoms with Crippen LogP contribution >= 0.6 is 0 Å². The zero-order valence-corrected chi connectivity index (χ0v) is 15.2. The number of rotatable bonds is 2. The minimum atomic E-state index is -0.566. The molecule has 7 heteroatoms. The van der Waals surface area contributed by atoms with E-state index in [4.69, 9.17) is 5.26 Å². The van der Waals surface area contributed by atoms with Gasteiger partial charge in [0, 0.05) is 5.69 Å². The Bertz CT molecular complexity index is 439. The SMILES string of the molecule is N#CC(C(=O)Nc1ccccc1)=C([S-])[S-].[Na+].[Na+].